The molecule has 0 aliphatic rings. The number of nitrogen functional groups attached to an aromatic ring is 1. The van der Waals surface area contributed by atoms with Gasteiger partial charge in [-0.15, -0.1) is 0 Å². The van der Waals surface area contributed by atoms with Gasteiger partial charge in [-0.3, -0.25) is 5.41 Å². The third kappa shape index (κ3) is 3.29. The maximum absolute atomic E-state index is 7.57. The maximum Gasteiger partial charge on any atom is 0.123 e. The van der Waals surface area contributed by atoms with E-state index < -0.39 is 0 Å². The van der Waals surface area contributed by atoms with E-state index in [0.29, 0.717) is 6.61 Å². The molecule has 0 atom stereocenters. The van der Waals surface area contributed by atoms with Crippen LogP contribution in [0.2, 0.25) is 0 Å². The van der Waals surface area contributed by atoms with Crippen molar-refractivity contribution in [3.8, 4) is 5.75 Å². The smallest absolute Gasteiger partial charge is 0.123 e. The zero-order chi connectivity index (χ0) is 14.5. The number of anilines is 1. The molecule has 0 unspecified atom stereocenters. The number of nitrogens with one attached hydrogen (secondary N) is 1. The highest BCUT2D eigenvalue weighted by molar-refractivity contribution is 5.96. The monoisotopic (exact) mass is 269 g/mol. The summed E-state index contributed by atoms with van der Waals surface area (Å²) >= 11 is 0. The third-order valence-corrected chi connectivity index (χ3v) is 3.04. The molecule has 4 heteroatoms. The van der Waals surface area contributed by atoms with E-state index in [1.54, 1.807) is 0 Å². The highest BCUT2D eigenvalue weighted by Crippen LogP contribution is 2.21. The second-order valence-electron chi connectivity index (χ2n) is 4.75. The number of amidine groups is 1. The van der Waals surface area contributed by atoms with E-state index in [4.69, 9.17) is 15.9 Å². The Labute approximate surface area is 119 Å². The van der Waals surface area contributed by atoms with Crippen molar-refractivity contribution < 1.29 is 4.74 Å². The van der Waals surface area contributed by atoms with Crippen molar-refractivity contribution in [1.82, 2.24) is 0 Å². The van der Waals surface area contributed by atoms with Crippen LogP contribution >= 0.6 is 0 Å². The zero-order valence-corrected chi connectivity index (χ0v) is 11.8. The minimum atomic E-state index is 0.0613. The van der Waals surface area contributed by atoms with Gasteiger partial charge in [0.05, 0.1) is 0 Å². The molecule has 0 spiro atoms. The Morgan fingerprint density at radius 3 is 2.60 bits per heavy atom. The van der Waals surface area contributed by atoms with Crippen LogP contribution in [-0.2, 0) is 6.61 Å². The van der Waals surface area contributed by atoms with Crippen molar-refractivity contribution in [2.75, 3.05) is 19.0 Å². The quantitative estimate of drug-likeness (QED) is 0.648. The fourth-order valence-corrected chi connectivity index (χ4v) is 1.92. The lowest BCUT2D eigenvalue weighted by Gasteiger charge is -2.14. The normalized spacial score (nSPS) is 10.1. The molecule has 2 aromatic carbocycles. The summed E-state index contributed by atoms with van der Waals surface area (Å²) in [6.07, 6.45) is 0. The molecule has 2 aromatic rings. The van der Waals surface area contributed by atoms with E-state index in [2.05, 4.69) is 0 Å². The number of rotatable bonds is 5. The summed E-state index contributed by atoms with van der Waals surface area (Å²) in [7, 11) is 3.98. The van der Waals surface area contributed by atoms with Gasteiger partial charge in [-0.05, 0) is 12.1 Å². The van der Waals surface area contributed by atoms with Gasteiger partial charge < -0.3 is 15.4 Å². The highest BCUT2D eigenvalue weighted by atomic mass is 16.5. The molecule has 0 bridgehead atoms. The summed E-state index contributed by atoms with van der Waals surface area (Å²) in [6, 6.07) is 15.4. The number of nitrogens with zero attached hydrogens (tertiary/aromatic N) is 1. The van der Waals surface area contributed by atoms with Crippen LogP contribution in [0.1, 0.15) is 11.1 Å². The van der Waals surface area contributed by atoms with E-state index in [1.165, 1.54) is 0 Å². The molecule has 0 radical (unpaired) electrons. The predicted octanol–water partition coefficient (Wildman–Crippen LogP) is 2.62. The van der Waals surface area contributed by atoms with Crippen LogP contribution in [0.15, 0.2) is 48.5 Å². The Morgan fingerprint density at radius 2 is 1.90 bits per heavy atom. The topological polar surface area (TPSA) is 62.3 Å². The van der Waals surface area contributed by atoms with Gasteiger partial charge >= 0.3 is 0 Å². The Morgan fingerprint density at radius 1 is 1.15 bits per heavy atom. The number of hydrogen-bond donors (Lipinski definition) is 2. The van der Waals surface area contributed by atoms with Gasteiger partial charge in [0.1, 0.15) is 18.2 Å². The standard InChI is InChI=1S/C16H19N3O/c1-19(2)13-7-5-8-14(10-13)20-11-12-6-3-4-9-15(12)16(17)18/h3-10H,11H2,1-2H3,(H3,17,18). The van der Waals surface area contributed by atoms with Crippen molar-refractivity contribution in [3.05, 3.63) is 59.7 Å². The molecule has 2 rings (SSSR count). The third-order valence-electron chi connectivity index (χ3n) is 3.04. The van der Waals surface area contributed by atoms with Crippen molar-refractivity contribution in [1.29, 1.82) is 5.41 Å². The lowest BCUT2D eigenvalue weighted by atomic mass is 10.1. The van der Waals surface area contributed by atoms with Crippen LogP contribution in [-0.4, -0.2) is 19.9 Å². The van der Waals surface area contributed by atoms with Crippen LogP contribution in [0.3, 0.4) is 0 Å². The van der Waals surface area contributed by atoms with Crippen LogP contribution < -0.4 is 15.4 Å². The summed E-state index contributed by atoms with van der Waals surface area (Å²) < 4.78 is 5.79. The summed E-state index contributed by atoms with van der Waals surface area (Å²) in [5, 5.41) is 7.57. The van der Waals surface area contributed by atoms with Crippen LogP contribution in [0, 0.1) is 5.41 Å². The maximum atomic E-state index is 7.57. The summed E-state index contributed by atoms with van der Waals surface area (Å²) in [5.41, 5.74) is 8.28. The molecule has 0 aliphatic carbocycles. The molecule has 0 amide bonds. The van der Waals surface area contributed by atoms with Crippen LogP contribution in [0.4, 0.5) is 5.69 Å². The Bertz CT molecular complexity index is 608. The molecule has 104 valence electrons. The molecule has 3 N–H and O–H groups in total. The van der Waals surface area contributed by atoms with Gasteiger partial charge in [-0.2, -0.15) is 0 Å². The molecular formula is C16H19N3O. The molecule has 0 saturated carbocycles. The molecule has 4 nitrogen and oxygen atoms in total. The summed E-state index contributed by atoms with van der Waals surface area (Å²) in [5.74, 6) is 0.862. The highest BCUT2D eigenvalue weighted by Gasteiger charge is 2.05. The van der Waals surface area contributed by atoms with Crippen molar-refractivity contribution in [2.24, 2.45) is 5.73 Å². The number of hydrogen-bond acceptors (Lipinski definition) is 3. The number of benzene rings is 2. The van der Waals surface area contributed by atoms with Crippen molar-refractivity contribution in [3.63, 3.8) is 0 Å². The van der Waals surface area contributed by atoms with Gasteiger partial charge in [0.15, 0.2) is 0 Å². The lowest BCUT2D eigenvalue weighted by Crippen LogP contribution is -2.14. The summed E-state index contributed by atoms with van der Waals surface area (Å²) in [4.78, 5) is 2.02. The van der Waals surface area contributed by atoms with Gasteiger partial charge in [-0.1, -0.05) is 30.3 Å². The van der Waals surface area contributed by atoms with Gasteiger partial charge in [0, 0.05) is 37.0 Å². The Kier molecular flexibility index (Phi) is 4.25. The fourth-order valence-electron chi connectivity index (χ4n) is 1.92. The number of nitrogens with two attached hydrogens (primary N) is 1. The first-order valence-corrected chi connectivity index (χ1v) is 6.40. The second kappa shape index (κ2) is 6.10. The van der Waals surface area contributed by atoms with Gasteiger partial charge in [0.2, 0.25) is 0 Å². The van der Waals surface area contributed by atoms with Crippen LogP contribution in [0.5, 0.6) is 5.75 Å². The van der Waals surface area contributed by atoms with E-state index in [9.17, 15) is 0 Å². The first kappa shape index (κ1) is 13.9. The van der Waals surface area contributed by atoms with E-state index >= 15 is 0 Å². The summed E-state index contributed by atoms with van der Waals surface area (Å²) in [6.45, 7) is 0.395. The average Bonchev–Trinajstić information content (AvgIpc) is 2.45. The van der Waals surface area contributed by atoms with Crippen LogP contribution in [0.25, 0.3) is 0 Å². The van der Waals surface area contributed by atoms with Crippen molar-refractivity contribution >= 4 is 11.5 Å². The van der Waals surface area contributed by atoms with Gasteiger partial charge in [-0.25, -0.2) is 0 Å². The SMILES string of the molecule is CN(C)c1cccc(OCc2ccccc2C(=N)N)c1. The zero-order valence-electron chi connectivity index (χ0n) is 11.8. The Hall–Kier alpha value is -2.49. The minimum absolute atomic E-state index is 0.0613. The molecule has 0 heterocycles. The van der Waals surface area contributed by atoms with E-state index in [1.807, 2.05) is 67.5 Å². The first-order valence-electron chi connectivity index (χ1n) is 6.40. The lowest BCUT2D eigenvalue weighted by molar-refractivity contribution is 0.306. The molecule has 0 saturated heterocycles. The fraction of sp³-hybridized carbons (Fsp3) is 0.188. The largest absolute Gasteiger partial charge is 0.489 e. The Balaban J connectivity index is 2.13. The molecule has 0 aromatic heterocycles. The predicted molar refractivity (Wildman–Crippen MR) is 82.6 cm³/mol. The number of ether oxygens (including phenoxy) is 1. The molecule has 0 aliphatic heterocycles. The van der Waals surface area contributed by atoms with E-state index in [-0.39, 0.29) is 5.84 Å². The molecular weight excluding hydrogens is 250 g/mol. The van der Waals surface area contributed by atoms with Gasteiger partial charge in [0.25, 0.3) is 0 Å². The van der Waals surface area contributed by atoms with E-state index in [0.717, 1.165) is 22.6 Å². The second-order valence-corrected chi connectivity index (χ2v) is 4.75. The average molecular weight is 269 g/mol. The molecule has 0 fully saturated rings. The minimum Gasteiger partial charge on any atom is -0.489 e. The first-order chi connectivity index (χ1) is 9.58. The van der Waals surface area contributed by atoms with Crippen molar-refractivity contribution in [2.45, 2.75) is 6.61 Å². The molecule has 20 heavy (non-hydrogen) atoms.